The Bertz CT molecular complexity index is 87.1. The van der Waals surface area contributed by atoms with Crippen molar-refractivity contribution < 1.29 is 9.47 Å². The van der Waals surface area contributed by atoms with Gasteiger partial charge < -0.3 is 15.2 Å². The Kier molecular flexibility index (Phi) is 9.26. The molecule has 2 N–H and O–H groups in total. The fraction of sp³-hybridized carbons (Fsp3) is 1.00. The standard InChI is InChI=1S/C8H21NO2Si/c1-3-10-8(11-4-2)7-12-6-5-9/h8H,3-7,9,12H2,1-2H3. The number of nitrogens with two attached hydrogens (primary N) is 1. The molecule has 0 rings (SSSR count). The highest BCUT2D eigenvalue weighted by Crippen LogP contribution is 2.01. The van der Waals surface area contributed by atoms with Gasteiger partial charge in [-0.2, -0.15) is 0 Å². The second kappa shape index (κ2) is 9.19. The second-order valence-electron chi connectivity index (χ2n) is 2.62. The van der Waals surface area contributed by atoms with Gasteiger partial charge >= 0.3 is 0 Å². The molecule has 0 saturated heterocycles. The van der Waals surface area contributed by atoms with Gasteiger partial charge in [0.1, 0.15) is 0 Å². The lowest BCUT2D eigenvalue weighted by atomic mass is 10.7. The molecule has 0 saturated carbocycles. The van der Waals surface area contributed by atoms with E-state index in [1.54, 1.807) is 0 Å². The minimum Gasteiger partial charge on any atom is -0.353 e. The summed E-state index contributed by atoms with van der Waals surface area (Å²) in [5.41, 5.74) is 5.42. The number of rotatable bonds is 8. The zero-order chi connectivity index (χ0) is 9.23. The summed E-state index contributed by atoms with van der Waals surface area (Å²) >= 11 is 0. The summed E-state index contributed by atoms with van der Waals surface area (Å²) in [6, 6.07) is 2.29. The van der Waals surface area contributed by atoms with Gasteiger partial charge in [-0.3, -0.25) is 0 Å². The largest absolute Gasteiger partial charge is 0.353 e. The smallest absolute Gasteiger partial charge is 0.154 e. The zero-order valence-electron chi connectivity index (χ0n) is 8.21. The third-order valence-corrected chi connectivity index (χ3v) is 3.39. The highest BCUT2D eigenvalue weighted by Gasteiger charge is 2.06. The fourth-order valence-corrected chi connectivity index (χ4v) is 2.29. The summed E-state index contributed by atoms with van der Waals surface area (Å²) in [6.07, 6.45) is 0.0400. The Morgan fingerprint density at radius 3 is 2.25 bits per heavy atom. The normalized spacial score (nSPS) is 12.0. The van der Waals surface area contributed by atoms with Crippen LogP contribution < -0.4 is 5.73 Å². The molecular weight excluding hydrogens is 170 g/mol. The van der Waals surface area contributed by atoms with E-state index >= 15 is 0 Å². The van der Waals surface area contributed by atoms with Crippen LogP contribution in [0, 0.1) is 0 Å². The van der Waals surface area contributed by atoms with Gasteiger partial charge in [0.05, 0.1) is 0 Å². The SMILES string of the molecule is CCOC(C[SiH2]CCN)OCC. The third kappa shape index (κ3) is 6.79. The van der Waals surface area contributed by atoms with Crippen molar-refractivity contribution in [3.05, 3.63) is 0 Å². The first kappa shape index (κ1) is 12.1. The van der Waals surface area contributed by atoms with Gasteiger partial charge in [0.15, 0.2) is 6.29 Å². The van der Waals surface area contributed by atoms with E-state index < -0.39 is 0 Å². The van der Waals surface area contributed by atoms with Gasteiger partial charge in [0, 0.05) is 22.7 Å². The molecule has 0 aromatic carbocycles. The summed E-state index contributed by atoms with van der Waals surface area (Å²) in [4.78, 5) is 0. The van der Waals surface area contributed by atoms with E-state index in [1.165, 1.54) is 6.04 Å². The van der Waals surface area contributed by atoms with Gasteiger partial charge in [-0.1, -0.05) is 6.04 Å². The van der Waals surface area contributed by atoms with Gasteiger partial charge in [0.25, 0.3) is 0 Å². The van der Waals surface area contributed by atoms with Crippen molar-refractivity contribution in [2.75, 3.05) is 19.8 Å². The lowest BCUT2D eigenvalue weighted by Gasteiger charge is -2.15. The molecule has 0 aromatic heterocycles. The molecule has 12 heavy (non-hydrogen) atoms. The fourth-order valence-electron chi connectivity index (χ4n) is 1.04. The van der Waals surface area contributed by atoms with Crippen molar-refractivity contribution in [1.82, 2.24) is 0 Å². The van der Waals surface area contributed by atoms with E-state index in [-0.39, 0.29) is 15.8 Å². The van der Waals surface area contributed by atoms with Crippen LogP contribution in [0.1, 0.15) is 13.8 Å². The van der Waals surface area contributed by atoms with Crippen LogP contribution in [-0.2, 0) is 9.47 Å². The van der Waals surface area contributed by atoms with Crippen molar-refractivity contribution in [1.29, 1.82) is 0 Å². The summed E-state index contributed by atoms with van der Waals surface area (Å²) in [5.74, 6) is 0. The van der Waals surface area contributed by atoms with Crippen LogP contribution in [0.3, 0.4) is 0 Å². The second-order valence-corrected chi connectivity index (χ2v) is 4.62. The van der Waals surface area contributed by atoms with Crippen LogP contribution >= 0.6 is 0 Å². The molecule has 0 fully saturated rings. The maximum Gasteiger partial charge on any atom is 0.154 e. The van der Waals surface area contributed by atoms with Crippen LogP contribution in [-0.4, -0.2) is 35.6 Å². The maximum absolute atomic E-state index is 5.42. The molecule has 0 atom stereocenters. The van der Waals surface area contributed by atoms with Crippen molar-refractivity contribution in [2.24, 2.45) is 5.73 Å². The number of ether oxygens (including phenoxy) is 2. The maximum atomic E-state index is 5.42. The van der Waals surface area contributed by atoms with Crippen molar-refractivity contribution in [3.8, 4) is 0 Å². The van der Waals surface area contributed by atoms with Crippen LogP contribution in [0.25, 0.3) is 0 Å². The molecule has 0 bridgehead atoms. The molecule has 0 unspecified atom stereocenters. The van der Waals surface area contributed by atoms with E-state index in [9.17, 15) is 0 Å². The lowest BCUT2D eigenvalue weighted by molar-refractivity contribution is -0.123. The van der Waals surface area contributed by atoms with E-state index in [2.05, 4.69) is 0 Å². The van der Waals surface area contributed by atoms with Crippen LogP contribution in [0.5, 0.6) is 0 Å². The predicted molar refractivity (Wildman–Crippen MR) is 54.3 cm³/mol. The van der Waals surface area contributed by atoms with Gasteiger partial charge in [-0.15, -0.1) is 0 Å². The Morgan fingerprint density at radius 1 is 1.25 bits per heavy atom. The summed E-state index contributed by atoms with van der Waals surface area (Å²) in [7, 11) is -0.0518. The van der Waals surface area contributed by atoms with E-state index in [4.69, 9.17) is 15.2 Å². The average molecular weight is 191 g/mol. The third-order valence-electron chi connectivity index (χ3n) is 1.60. The quantitative estimate of drug-likeness (QED) is 0.342. The Hall–Kier alpha value is 0.0969. The summed E-state index contributed by atoms with van der Waals surface area (Å²) < 4.78 is 10.8. The van der Waals surface area contributed by atoms with Gasteiger partial charge in [-0.25, -0.2) is 0 Å². The van der Waals surface area contributed by atoms with Crippen LogP contribution in [0.15, 0.2) is 0 Å². The first-order chi connectivity index (χ1) is 5.85. The van der Waals surface area contributed by atoms with Crippen molar-refractivity contribution >= 4 is 9.52 Å². The Balaban J connectivity index is 3.34. The molecule has 0 aliphatic carbocycles. The number of hydrogen-bond acceptors (Lipinski definition) is 3. The van der Waals surface area contributed by atoms with Gasteiger partial charge in [-0.05, 0) is 26.4 Å². The van der Waals surface area contributed by atoms with E-state index in [0.717, 1.165) is 25.8 Å². The molecule has 0 aliphatic rings. The van der Waals surface area contributed by atoms with E-state index in [1.807, 2.05) is 13.8 Å². The lowest BCUT2D eigenvalue weighted by Crippen LogP contribution is -2.19. The van der Waals surface area contributed by atoms with Crippen LogP contribution in [0.4, 0.5) is 0 Å². The summed E-state index contributed by atoms with van der Waals surface area (Å²) in [5, 5.41) is 0. The molecule has 0 aliphatic heterocycles. The van der Waals surface area contributed by atoms with E-state index in [0.29, 0.717) is 0 Å². The molecular formula is C8H21NO2Si. The first-order valence-electron chi connectivity index (χ1n) is 4.78. The zero-order valence-corrected chi connectivity index (χ0v) is 9.63. The highest BCUT2D eigenvalue weighted by atomic mass is 28.2. The Morgan fingerprint density at radius 2 is 1.83 bits per heavy atom. The molecule has 0 radical (unpaired) electrons. The molecule has 0 spiro atoms. The van der Waals surface area contributed by atoms with Gasteiger partial charge in [0.2, 0.25) is 0 Å². The summed E-state index contributed by atoms with van der Waals surface area (Å²) in [6.45, 7) is 6.29. The molecule has 3 nitrogen and oxygen atoms in total. The van der Waals surface area contributed by atoms with Crippen molar-refractivity contribution in [2.45, 2.75) is 32.2 Å². The number of hydrogen-bond donors (Lipinski definition) is 1. The minimum atomic E-state index is -0.0518. The molecule has 4 heteroatoms. The highest BCUT2D eigenvalue weighted by molar-refractivity contribution is 6.35. The molecule has 0 aromatic rings. The van der Waals surface area contributed by atoms with Crippen LogP contribution in [0.2, 0.25) is 12.1 Å². The van der Waals surface area contributed by atoms with Crippen molar-refractivity contribution in [3.63, 3.8) is 0 Å². The monoisotopic (exact) mass is 191 g/mol. The topological polar surface area (TPSA) is 44.5 Å². The predicted octanol–water partition coefficient (Wildman–Crippen LogP) is 0.350. The first-order valence-corrected chi connectivity index (χ1v) is 6.78. The Labute approximate surface area is 77.4 Å². The minimum absolute atomic E-state index is 0.0400. The molecule has 74 valence electrons. The average Bonchev–Trinajstić information content (AvgIpc) is 2.06. The molecule has 0 amide bonds. The molecule has 0 heterocycles.